The first-order chi connectivity index (χ1) is 9.11. The number of ketones is 1. The number of carbonyl (C=O) groups is 1. The lowest BCUT2D eigenvalue weighted by Gasteiger charge is -2.03. The van der Waals surface area contributed by atoms with Crippen molar-refractivity contribution >= 4 is 17.4 Å². The summed E-state index contributed by atoms with van der Waals surface area (Å²) in [5, 5.41) is 4.92. The second kappa shape index (κ2) is 5.97. The lowest BCUT2D eigenvalue weighted by atomic mass is 10.1. The highest BCUT2D eigenvalue weighted by molar-refractivity contribution is 6.32. The molecule has 0 aliphatic rings. The molecule has 0 spiro atoms. The lowest BCUT2D eigenvalue weighted by molar-refractivity contribution is -0.117. The van der Waals surface area contributed by atoms with E-state index < -0.39 is 0 Å². The minimum Gasteiger partial charge on any atom is -0.299 e. The highest BCUT2D eigenvalue weighted by atomic mass is 35.5. The summed E-state index contributed by atoms with van der Waals surface area (Å²) in [5.74, 6) is 0.112. The number of aromatic nitrogens is 3. The van der Waals surface area contributed by atoms with Crippen LogP contribution in [0.25, 0.3) is 0 Å². The molecule has 0 bridgehead atoms. The van der Waals surface area contributed by atoms with Crippen LogP contribution in [-0.2, 0) is 31.1 Å². The van der Waals surface area contributed by atoms with Gasteiger partial charge in [0.1, 0.15) is 5.78 Å². The summed E-state index contributed by atoms with van der Waals surface area (Å²) in [7, 11) is 1.82. The minimum atomic E-state index is 0.112. The summed E-state index contributed by atoms with van der Waals surface area (Å²) in [4.78, 5) is 16.1. The Kier molecular flexibility index (Phi) is 4.32. The number of nitrogens with zero attached hydrogens (tertiary/aromatic N) is 3. The number of pyridine rings is 1. The Morgan fingerprint density at radius 1 is 1.42 bits per heavy atom. The molecule has 0 aliphatic heterocycles. The Morgan fingerprint density at radius 2 is 2.21 bits per heavy atom. The highest BCUT2D eigenvalue weighted by Gasteiger charge is 2.16. The smallest absolute Gasteiger partial charge is 0.143 e. The Balaban J connectivity index is 2.09. The van der Waals surface area contributed by atoms with Gasteiger partial charge in [-0.2, -0.15) is 5.10 Å². The number of halogens is 1. The normalized spacial score (nSPS) is 10.7. The summed E-state index contributed by atoms with van der Waals surface area (Å²) in [6.45, 7) is 2.00. The van der Waals surface area contributed by atoms with Crippen molar-refractivity contribution in [3.8, 4) is 0 Å². The first-order valence-electron chi connectivity index (χ1n) is 6.22. The molecule has 0 saturated carbocycles. The highest BCUT2D eigenvalue weighted by Crippen LogP contribution is 2.21. The third-order valence-corrected chi connectivity index (χ3v) is 3.43. The predicted molar refractivity (Wildman–Crippen MR) is 74.2 cm³/mol. The third-order valence-electron chi connectivity index (χ3n) is 2.99. The summed E-state index contributed by atoms with van der Waals surface area (Å²) >= 11 is 6.23. The summed E-state index contributed by atoms with van der Waals surface area (Å²) in [6.07, 6.45) is 4.84. The standard InChI is InChI=1S/C14H16ClN3O/c1-3-12-14(15)13(18(2)17-12)8-11(19)7-10-5-4-6-16-9-10/h4-6,9H,3,7-8H2,1-2H3. The fourth-order valence-electron chi connectivity index (χ4n) is 1.99. The Hall–Kier alpha value is -1.68. The molecule has 2 aromatic heterocycles. The molecule has 0 atom stereocenters. The molecule has 100 valence electrons. The largest absolute Gasteiger partial charge is 0.299 e. The molecule has 0 saturated heterocycles. The van der Waals surface area contributed by atoms with Gasteiger partial charge in [0.15, 0.2) is 0 Å². The zero-order valence-corrected chi connectivity index (χ0v) is 11.8. The van der Waals surface area contributed by atoms with Crippen LogP contribution in [0.5, 0.6) is 0 Å². The molecule has 0 aromatic carbocycles. The summed E-state index contributed by atoms with van der Waals surface area (Å²) < 4.78 is 1.70. The van der Waals surface area contributed by atoms with E-state index in [2.05, 4.69) is 10.1 Å². The number of Topliss-reactive ketones (excluding diaryl/α,β-unsaturated/α-hetero) is 1. The molecular weight excluding hydrogens is 262 g/mol. The number of hydrogen-bond acceptors (Lipinski definition) is 3. The van der Waals surface area contributed by atoms with Gasteiger partial charge in [0.25, 0.3) is 0 Å². The van der Waals surface area contributed by atoms with E-state index in [9.17, 15) is 4.79 Å². The van der Waals surface area contributed by atoms with E-state index in [4.69, 9.17) is 11.6 Å². The number of hydrogen-bond donors (Lipinski definition) is 0. The van der Waals surface area contributed by atoms with Gasteiger partial charge in [-0.15, -0.1) is 0 Å². The monoisotopic (exact) mass is 277 g/mol. The quantitative estimate of drug-likeness (QED) is 0.843. The van der Waals surface area contributed by atoms with Gasteiger partial charge < -0.3 is 0 Å². The predicted octanol–water partition coefficient (Wildman–Crippen LogP) is 2.39. The number of rotatable bonds is 5. The van der Waals surface area contributed by atoms with Crippen molar-refractivity contribution in [1.29, 1.82) is 0 Å². The van der Waals surface area contributed by atoms with E-state index in [-0.39, 0.29) is 5.78 Å². The molecule has 0 unspecified atom stereocenters. The van der Waals surface area contributed by atoms with Gasteiger partial charge >= 0.3 is 0 Å². The van der Waals surface area contributed by atoms with Crippen LogP contribution in [0.4, 0.5) is 0 Å². The van der Waals surface area contributed by atoms with Gasteiger partial charge in [-0.1, -0.05) is 24.6 Å². The van der Waals surface area contributed by atoms with Crippen LogP contribution >= 0.6 is 11.6 Å². The van der Waals surface area contributed by atoms with E-state index in [1.54, 1.807) is 17.1 Å². The molecule has 2 aromatic rings. The second-order valence-electron chi connectivity index (χ2n) is 4.44. The first kappa shape index (κ1) is 13.7. The van der Waals surface area contributed by atoms with Crippen LogP contribution in [0.3, 0.4) is 0 Å². The van der Waals surface area contributed by atoms with Crippen molar-refractivity contribution < 1.29 is 4.79 Å². The maximum Gasteiger partial charge on any atom is 0.143 e. The molecule has 19 heavy (non-hydrogen) atoms. The molecule has 0 amide bonds. The number of carbonyl (C=O) groups excluding carboxylic acids is 1. The second-order valence-corrected chi connectivity index (χ2v) is 4.82. The van der Waals surface area contributed by atoms with Crippen LogP contribution in [0.2, 0.25) is 5.02 Å². The topological polar surface area (TPSA) is 47.8 Å². The van der Waals surface area contributed by atoms with Gasteiger partial charge in [0, 0.05) is 25.9 Å². The molecular formula is C14H16ClN3O. The first-order valence-corrected chi connectivity index (χ1v) is 6.60. The molecule has 5 heteroatoms. The van der Waals surface area contributed by atoms with Crippen molar-refractivity contribution in [2.75, 3.05) is 0 Å². The van der Waals surface area contributed by atoms with Gasteiger partial charge in [-0.05, 0) is 18.1 Å². The van der Waals surface area contributed by atoms with Crippen molar-refractivity contribution in [2.45, 2.75) is 26.2 Å². The maximum atomic E-state index is 12.1. The van der Waals surface area contributed by atoms with Crippen LogP contribution in [0.1, 0.15) is 23.9 Å². The molecule has 2 heterocycles. The van der Waals surface area contributed by atoms with E-state index in [1.165, 1.54) is 0 Å². The van der Waals surface area contributed by atoms with Gasteiger partial charge in [-0.25, -0.2) is 0 Å². The zero-order chi connectivity index (χ0) is 13.8. The molecule has 2 rings (SSSR count). The van der Waals surface area contributed by atoms with Gasteiger partial charge in [-0.3, -0.25) is 14.5 Å². The number of aryl methyl sites for hydroxylation is 2. The fraction of sp³-hybridized carbons (Fsp3) is 0.357. The van der Waals surface area contributed by atoms with Crippen molar-refractivity contribution in [3.63, 3.8) is 0 Å². The average molecular weight is 278 g/mol. The van der Waals surface area contributed by atoms with E-state index in [0.29, 0.717) is 17.9 Å². The lowest BCUT2D eigenvalue weighted by Crippen LogP contribution is -2.10. The van der Waals surface area contributed by atoms with E-state index in [1.807, 2.05) is 26.1 Å². The maximum absolute atomic E-state index is 12.1. The Bertz CT molecular complexity index is 578. The Morgan fingerprint density at radius 3 is 2.79 bits per heavy atom. The molecule has 0 N–H and O–H groups in total. The Labute approximate surface area is 117 Å². The minimum absolute atomic E-state index is 0.112. The SMILES string of the molecule is CCc1nn(C)c(CC(=O)Cc2cccnc2)c1Cl. The van der Waals surface area contributed by atoms with Crippen molar-refractivity contribution in [2.24, 2.45) is 7.05 Å². The van der Waals surface area contributed by atoms with E-state index in [0.717, 1.165) is 23.4 Å². The van der Waals surface area contributed by atoms with Crippen LogP contribution in [0, 0.1) is 0 Å². The van der Waals surface area contributed by atoms with Crippen LogP contribution in [0.15, 0.2) is 24.5 Å². The summed E-state index contributed by atoms with van der Waals surface area (Å²) in [6, 6.07) is 3.72. The molecule has 0 aliphatic carbocycles. The van der Waals surface area contributed by atoms with Gasteiger partial charge in [0.05, 0.1) is 22.8 Å². The van der Waals surface area contributed by atoms with Crippen molar-refractivity contribution in [1.82, 2.24) is 14.8 Å². The van der Waals surface area contributed by atoms with Gasteiger partial charge in [0.2, 0.25) is 0 Å². The van der Waals surface area contributed by atoms with Crippen LogP contribution in [-0.4, -0.2) is 20.5 Å². The third kappa shape index (κ3) is 3.20. The fourth-order valence-corrected chi connectivity index (χ4v) is 2.35. The molecule has 0 fully saturated rings. The zero-order valence-electron chi connectivity index (χ0n) is 11.1. The van der Waals surface area contributed by atoms with Crippen molar-refractivity contribution in [3.05, 3.63) is 46.5 Å². The average Bonchev–Trinajstić information content (AvgIpc) is 2.67. The van der Waals surface area contributed by atoms with E-state index >= 15 is 0 Å². The molecule has 0 radical (unpaired) electrons. The summed E-state index contributed by atoms with van der Waals surface area (Å²) in [5.41, 5.74) is 2.54. The van der Waals surface area contributed by atoms with Crippen LogP contribution < -0.4 is 0 Å². The molecule has 4 nitrogen and oxygen atoms in total.